The van der Waals surface area contributed by atoms with Crippen molar-refractivity contribution in [1.29, 1.82) is 0 Å². The summed E-state index contributed by atoms with van der Waals surface area (Å²) in [6, 6.07) is 12.4. The smallest absolute Gasteiger partial charge is 0.303 e. The van der Waals surface area contributed by atoms with Crippen molar-refractivity contribution in [2.75, 3.05) is 11.4 Å². The van der Waals surface area contributed by atoms with Crippen molar-refractivity contribution in [1.82, 2.24) is 14.7 Å². The quantitative estimate of drug-likeness (QED) is 0.153. The van der Waals surface area contributed by atoms with Crippen molar-refractivity contribution in [3.8, 4) is 16.3 Å². The topological polar surface area (TPSA) is 150 Å². The van der Waals surface area contributed by atoms with E-state index >= 15 is 0 Å². The van der Waals surface area contributed by atoms with Crippen molar-refractivity contribution < 1.29 is 34.2 Å². The number of carboxylic acid groups (broad SMARTS) is 1. The number of allylic oxidation sites excluding steroid dienone is 2. The SMILES string of the molecule is Cc1c(-c2cc(N3C(=O)C4CC5C(=CCC6C(=O)N(CCCC(=O)O)C(=O)C65)C(c5cc(Br)ccc5O)C4(C)C3=O)n(C)n2)sc2ccc(Cl)cc12. The summed E-state index contributed by atoms with van der Waals surface area (Å²) in [5.74, 6) is -6.04. The molecule has 2 aliphatic heterocycles. The minimum atomic E-state index is -1.36. The summed E-state index contributed by atoms with van der Waals surface area (Å²) in [7, 11) is 1.69. The molecule has 2 saturated heterocycles. The fourth-order valence-electron chi connectivity index (χ4n) is 9.22. The van der Waals surface area contributed by atoms with E-state index in [0.29, 0.717) is 26.6 Å². The number of hydrogen-bond acceptors (Lipinski definition) is 8. The van der Waals surface area contributed by atoms with Crippen molar-refractivity contribution >= 4 is 84.4 Å². The number of halogens is 2. The molecule has 4 aromatic rings. The van der Waals surface area contributed by atoms with Crippen molar-refractivity contribution in [2.45, 2.75) is 45.4 Å². The van der Waals surface area contributed by atoms with E-state index in [1.807, 2.05) is 31.2 Å². The normalized spacial score (nSPS) is 26.9. The second-order valence-electron chi connectivity index (χ2n) is 14.4. The third-order valence-corrected chi connectivity index (χ3v) is 13.7. The maximum Gasteiger partial charge on any atom is 0.303 e. The lowest BCUT2D eigenvalue weighted by Gasteiger charge is -2.49. The van der Waals surface area contributed by atoms with Gasteiger partial charge in [-0.25, -0.2) is 4.90 Å². The molecule has 0 spiro atoms. The zero-order valence-corrected chi connectivity index (χ0v) is 31.6. The third-order valence-electron chi connectivity index (χ3n) is 11.7. The van der Waals surface area contributed by atoms with Crippen LogP contribution in [0.4, 0.5) is 5.82 Å². The predicted octanol–water partition coefficient (Wildman–Crippen LogP) is 6.83. The highest BCUT2D eigenvalue weighted by Gasteiger charge is 2.68. The first kappa shape index (κ1) is 34.7. The molecule has 4 aliphatic rings. The van der Waals surface area contributed by atoms with Crippen LogP contribution in [0, 0.1) is 36.0 Å². The van der Waals surface area contributed by atoms with Crippen LogP contribution in [0.1, 0.15) is 49.7 Å². The Hall–Kier alpha value is -4.33. The van der Waals surface area contributed by atoms with Crippen LogP contribution < -0.4 is 4.90 Å². The van der Waals surface area contributed by atoms with E-state index in [9.17, 15) is 29.1 Å². The molecule has 2 aromatic carbocycles. The van der Waals surface area contributed by atoms with Gasteiger partial charge in [0.05, 0.1) is 28.0 Å². The zero-order valence-electron chi connectivity index (χ0n) is 28.4. The number of aromatic nitrogens is 2. The van der Waals surface area contributed by atoms with Crippen LogP contribution >= 0.6 is 38.9 Å². The number of benzene rings is 2. The maximum absolute atomic E-state index is 15.0. The van der Waals surface area contributed by atoms with E-state index in [4.69, 9.17) is 21.8 Å². The first-order valence-electron chi connectivity index (χ1n) is 17.1. The van der Waals surface area contributed by atoms with Gasteiger partial charge in [0.15, 0.2) is 0 Å². The van der Waals surface area contributed by atoms with Gasteiger partial charge in [0.1, 0.15) is 17.3 Å². The van der Waals surface area contributed by atoms with Gasteiger partial charge in [0.2, 0.25) is 23.6 Å². The Labute approximate surface area is 316 Å². The summed E-state index contributed by atoms with van der Waals surface area (Å²) in [6.45, 7) is 3.75. The van der Waals surface area contributed by atoms with Gasteiger partial charge in [-0.1, -0.05) is 39.2 Å². The van der Waals surface area contributed by atoms with Crippen molar-refractivity contribution in [2.24, 2.45) is 36.1 Å². The standard InChI is InChI=1S/C38H34BrClN4O7S/c1-17-22-14-19(40)7-11-28(22)52-33(17)26-16-29(42(3)41-26)44-35(49)25-15-23-20(32(38(25,2)37(44)51)24-13-18(39)6-10-27(24)45)8-9-21-31(23)36(50)43(34(21)48)12-4-5-30(46)47/h6-8,10-11,13-14,16,21,23,25,31-32,45H,4-5,9,12,15H2,1-3H3,(H,46,47). The number of nitrogens with zero attached hydrogens (tertiary/aromatic N) is 4. The van der Waals surface area contributed by atoms with Gasteiger partial charge >= 0.3 is 5.97 Å². The minimum absolute atomic E-state index is 0.00363. The van der Waals surface area contributed by atoms with Gasteiger partial charge in [-0.15, -0.1) is 11.3 Å². The number of carbonyl (C=O) groups excluding carboxylic acids is 4. The summed E-state index contributed by atoms with van der Waals surface area (Å²) < 4.78 is 3.23. The number of carbonyl (C=O) groups is 5. The number of hydrogen-bond donors (Lipinski definition) is 2. The van der Waals surface area contributed by atoms with Gasteiger partial charge in [0, 0.05) is 51.8 Å². The second-order valence-corrected chi connectivity index (χ2v) is 16.8. The van der Waals surface area contributed by atoms with E-state index in [1.165, 1.54) is 20.5 Å². The number of aliphatic carboxylic acids is 1. The largest absolute Gasteiger partial charge is 0.508 e. The lowest BCUT2D eigenvalue weighted by molar-refractivity contribution is -0.142. The summed E-state index contributed by atoms with van der Waals surface area (Å²) in [4.78, 5) is 71.8. The highest BCUT2D eigenvalue weighted by molar-refractivity contribution is 9.10. The third kappa shape index (κ3) is 5.02. The van der Waals surface area contributed by atoms with Gasteiger partial charge in [-0.05, 0) is 86.4 Å². The average molecular weight is 806 g/mol. The Morgan fingerprint density at radius 1 is 1.08 bits per heavy atom. The molecule has 268 valence electrons. The summed E-state index contributed by atoms with van der Waals surface area (Å²) in [5, 5.41) is 26.9. The number of aryl methyl sites for hydroxylation is 2. The van der Waals surface area contributed by atoms with Crippen LogP contribution in [0.2, 0.25) is 5.02 Å². The van der Waals surface area contributed by atoms with Crippen LogP contribution in [0.15, 0.2) is 58.6 Å². The molecule has 2 N–H and O–H groups in total. The minimum Gasteiger partial charge on any atom is -0.508 e. The molecule has 2 aromatic heterocycles. The van der Waals surface area contributed by atoms with Gasteiger partial charge in [0.25, 0.3) is 0 Å². The van der Waals surface area contributed by atoms with Crippen molar-refractivity contribution in [3.63, 3.8) is 0 Å². The van der Waals surface area contributed by atoms with E-state index in [1.54, 1.807) is 43.5 Å². The molecular weight excluding hydrogens is 772 g/mol. The lowest BCUT2D eigenvalue weighted by atomic mass is 9.51. The van der Waals surface area contributed by atoms with Gasteiger partial charge in [-0.3, -0.25) is 33.6 Å². The molecule has 6 unspecified atom stereocenters. The molecular formula is C38H34BrClN4O7S. The highest BCUT2D eigenvalue weighted by atomic mass is 79.9. The Bertz CT molecular complexity index is 2300. The Balaban J connectivity index is 1.22. The molecule has 0 radical (unpaired) electrons. The fourth-order valence-corrected chi connectivity index (χ4v) is 10.9. The molecule has 8 rings (SSSR count). The number of rotatable bonds is 7. The molecule has 14 heteroatoms. The van der Waals surface area contributed by atoms with Crippen LogP contribution in [0.3, 0.4) is 0 Å². The summed E-state index contributed by atoms with van der Waals surface area (Å²) in [5.41, 5.74) is 1.42. The van der Waals surface area contributed by atoms with Crippen LogP contribution in [0.5, 0.6) is 5.75 Å². The van der Waals surface area contributed by atoms with E-state index in [-0.39, 0.29) is 49.8 Å². The number of thiophene rings is 1. The number of carboxylic acids is 1. The van der Waals surface area contributed by atoms with Crippen molar-refractivity contribution in [3.05, 3.63) is 74.7 Å². The molecule has 0 bridgehead atoms. The zero-order chi connectivity index (χ0) is 37.0. The number of imide groups is 2. The first-order chi connectivity index (χ1) is 24.7. The van der Waals surface area contributed by atoms with E-state index in [0.717, 1.165) is 26.1 Å². The molecule has 4 heterocycles. The molecule has 3 fully saturated rings. The highest BCUT2D eigenvalue weighted by Crippen LogP contribution is 2.64. The predicted molar refractivity (Wildman–Crippen MR) is 198 cm³/mol. The van der Waals surface area contributed by atoms with Gasteiger partial charge < -0.3 is 10.2 Å². The summed E-state index contributed by atoms with van der Waals surface area (Å²) >= 11 is 11.4. The van der Waals surface area contributed by atoms with Gasteiger partial charge in [-0.2, -0.15) is 5.10 Å². The number of aromatic hydroxyl groups is 1. The van der Waals surface area contributed by atoms with Crippen LogP contribution in [0.25, 0.3) is 20.7 Å². The molecule has 52 heavy (non-hydrogen) atoms. The number of phenols is 1. The lowest BCUT2D eigenvalue weighted by Crippen LogP contribution is -2.49. The Kier molecular flexibility index (Phi) is 8.27. The average Bonchev–Trinajstić information content (AvgIpc) is 3.76. The van der Waals surface area contributed by atoms with Crippen LogP contribution in [-0.4, -0.2) is 61.0 Å². The molecule has 1 saturated carbocycles. The number of amides is 4. The Morgan fingerprint density at radius 3 is 2.60 bits per heavy atom. The maximum atomic E-state index is 15.0. The molecule has 6 atom stereocenters. The number of likely N-dealkylation sites (tertiary alicyclic amines) is 1. The first-order valence-corrected chi connectivity index (χ1v) is 19.1. The molecule has 2 aliphatic carbocycles. The van der Waals surface area contributed by atoms with E-state index in [2.05, 4.69) is 15.9 Å². The van der Waals surface area contributed by atoms with E-state index < -0.39 is 52.8 Å². The number of anilines is 1. The fraction of sp³-hybridized carbons (Fsp3) is 0.368. The molecule has 4 amide bonds. The number of fused-ring (bicyclic) bond motifs is 5. The number of phenolic OH excluding ortho intramolecular Hbond substituents is 1. The monoisotopic (exact) mass is 804 g/mol. The van der Waals surface area contributed by atoms with Crippen LogP contribution in [-0.2, 0) is 31.0 Å². The second kappa shape index (κ2) is 12.4. The Morgan fingerprint density at radius 2 is 1.85 bits per heavy atom. The summed E-state index contributed by atoms with van der Waals surface area (Å²) in [6.07, 6.45) is 2.28. The molecule has 11 nitrogen and oxygen atoms in total.